The summed E-state index contributed by atoms with van der Waals surface area (Å²) in [5, 5.41) is 8.98. The molecule has 3 N–H and O–H groups in total. The van der Waals surface area contributed by atoms with E-state index in [0.717, 1.165) is 23.3 Å². The smallest absolute Gasteiger partial charge is 0.119 e. The highest BCUT2D eigenvalue weighted by molar-refractivity contribution is 5.37. The molecule has 0 aromatic heterocycles. The monoisotopic (exact) mass is 195 g/mol. The van der Waals surface area contributed by atoms with Crippen molar-refractivity contribution in [1.29, 1.82) is 0 Å². The van der Waals surface area contributed by atoms with Crippen LogP contribution >= 0.6 is 0 Å². The van der Waals surface area contributed by atoms with E-state index in [2.05, 4.69) is 6.92 Å². The van der Waals surface area contributed by atoms with Gasteiger partial charge in [-0.3, -0.25) is 0 Å². The summed E-state index contributed by atoms with van der Waals surface area (Å²) < 4.78 is 5.12. The first-order valence-electron chi connectivity index (χ1n) is 4.76. The van der Waals surface area contributed by atoms with Crippen molar-refractivity contribution in [2.45, 2.75) is 19.4 Å². The summed E-state index contributed by atoms with van der Waals surface area (Å²) in [6.45, 7) is 2.03. The average Bonchev–Trinajstić information content (AvgIpc) is 2.27. The summed E-state index contributed by atoms with van der Waals surface area (Å²) in [7, 11) is 1.64. The SMILES string of the molecule is CCc1cc(OC)ccc1C(N)CO. The quantitative estimate of drug-likeness (QED) is 0.760. The van der Waals surface area contributed by atoms with Crippen LogP contribution in [0.4, 0.5) is 0 Å². The van der Waals surface area contributed by atoms with E-state index in [4.69, 9.17) is 15.6 Å². The van der Waals surface area contributed by atoms with Crippen molar-refractivity contribution < 1.29 is 9.84 Å². The third kappa shape index (κ3) is 2.25. The highest BCUT2D eigenvalue weighted by Crippen LogP contribution is 2.22. The molecule has 1 rings (SSSR count). The van der Waals surface area contributed by atoms with Crippen LogP contribution in [-0.4, -0.2) is 18.8 Å². The zero-order valence-corrected chi connectivity index (χ0v) is 8.66. The Labute approximate surface area is 84.5 Å². The number of hydrogen-bond acceptors (Lipinski definition) is 3. The Bertz CT molecular complexity index is 299. The maximum atomic E-state index is 8.98. The maximum Gasteiger partial charge on any atom is 0.119 e. The molecule has 0 aliphatic heterocycles. The molecule has 1 aromatic carbocycles. The van der Waals surface area contributed by atoms with Crippen LogP contribution in [0, 0.1) is 0 Å². The first-order valence-corrected chi connectivity index (χ1v) is 4.76. The molecule has 0 fully saturated rings. The summed E-state index contributed by atoms with van der Waals surface area (Å²) >= 11 is 0. The van der Waals surface area contributed by atoms with Gasteiger partial charge in [0.1, 0.15) is 5.75 Å². The molecule has 0 saturated heterocycles. The molecule has 0 bridgehead atoms. The van der Waals surface area contributed by atoms with Gasteiger partial charge in [0.2, 0.25) is 0 Å². The van der Waals surface area contributed by atoms with Crippen LogP contribution in [-0.2, 0) is 6.42 Å². The molecule has 0 aliphatic rings. The first kappa shape index (κ1) is 11.0. The second-order valence-electron chi connectivity index (χ2n) is 3.21. The van der Waals surface area contributed by atoms with Crippen LogP contribution in [0.15, 0.2) is 18.2 Å². The van der Waals surface area contributed by atoms with Gasteiger partial charge in [-0.1, -0.05) is 13.0 Å². The number of hydrogen-bond donors (Lipinski definition) is 2. The second-order valence-corrected chi connectivity index (χ2v) is 3.21. The fraction of sp³-hybridized carbons (Fsp3) is 0.455. The van der Waals surface area contributed by atoms with Gasteiger partial charge in [0.25, 0.3) is 0 Å². The van der Waals surface area contributed by atoms with Gasteiger partial charge in [0.15, 0.2) is 0 Å². The molecule has 0 aliphatic carbocycles. The zero-order chi connectivity index (χ0) is 10.6. The molecular weight excluding hydrogens is 178 g/mol. The van der Waals surface area contributed by atoms with Gasteiger partial charge < -0.3 is 15.6 Å². The fourth-order valence-electron chi connectivity index (χ4n) is 1.48. The molecule has 1 aromatic rings. The molecule has 1 atom stereocenters. The third-order valence-electron chi connectivity index (χ3n) is 2.33. The van der Waals surface area contributed by atoms with Crippen LogP contribution in [0.1, 0.15) is 24.1 Å². The van der Waals surface area contributed by atoms with E-state index >= 15 is 0 Å². The molecule has 78 valence electrons. The molecule has 0 heterocycles. The van der Waals surface area contributed by atoms with E-state index in [1.54, 1.807) is 7.11 Å². The predicted octanol–water partition coefficient (Wildman–Crippen LogP) is 1.25. The largest absolute Gasteiger partial charge is 0.497 e. The van der Waals surface area contributed by atoms with Crippen LogP contribution in [0.25, 0.3) is 0 Å². The fourth-order valence-corrected chi connectivity index (χ4v) is 1.48. The lowest BCUT2D eigenvalue weighted by Crippen LogP contribution is -2.16. The van der Waals surface area contributed by atoms with Crippen molar-refractivity contribution in [3.63, 3.8) is 0 Å². The van der Waals surface area contributed by atoms with Gasteiger partial charge in [-0.15, -0.1) is 0 Å². The molecule has 3 heteroatoms. The minimum absolute atomic E-state index is 0.0284. The Morgan fingerprint density at radius 2 is 2.21 bits per heavy atom. The highest BCUT2D eigenvalue weighted by atomic mass is 16.5. The highest BCUT2D eigenvalue weighted by Gasteiger charge is 2.09. The summed E-state index contributed by atoms with van der Waals surface area (Å²) in [5.74, 6) is 0.829. The van der Waals surface area contributed by atoms with E-state index in [0.29, 0.717) is 0 Å². The summed E-state index contributed by atoms with van der Waals surface area (Å²) in [6, 6.07) is 5.45. The van der Waals surface area contributed by atoms with Crippen molar-refractivity contribution in [3.05, 3.63) is 29.3 Å². The van der Waals surface area contributed by atoms with Crippen molar-refractivity contribution in [2.24, 2.45) is 5.73 Å². The molecule has 0 spiro atoms. The lowest BCUT2D eigenvalue weighted by atomic mass is 9.99. The molecule has 0 radical (unpaired) electrons. The van der Waals surface area contributed by atoms with E-state index in [1.165, 1.54) is 0 Å². The molecule has 1 unspecified atom stereocenters. The van der Waals surface area contributed by atoms with Crippen LogP contribution in [0.3, 0.4) is 0 Å². The van der Waals surface area contributed by atoms with Gasteiger partial charge >= 0.3 is 0 Å². The van der Waals surface area contributed by atoms with Crippen LogP contribution < -0.4 is 10.5 Å². The minimum atomic E-state index is -0.296. The van der Waals surface area contributed by atoms with Crippen molar-refractivity contribution in [3.8, 4) is 5.75 Å². The van der Waals surface area contributed by atoms with E-state index in [1.807, 2.05) is 18.2 Å². The van der Waals surface area contributed by atoms with Crippen molar-refractivity contribution >= 4 is 0 Å². The molecule has 3 nitrogen and oxygen atoms in total. The zero-order valence-electron chi connectivity index (χ0n) is 8.66. The van der Waals surface area contributed by atoms with Gasteiger partial charge in [-0.2, -0.15) is 0 Å². The minimum Gasteiger partial charge on any atom is -0.497 e. The lowest BCUT2D eigenvalue weighted by Gasteiger charge is -2.14. The Morgan fingerprint density at radius 1 is 1.50 bits per heavy atom. The number of nitrogens with two attached hydrogens (primary N) is 1. The van der Waals surface area contributed by atoms with E-state index < -0.39 is 0 Å². The number of aryl methyl sites for hydroxylation is 1. The van der Waals surface area contributed by atoms with Crippen molar-refractivity contribution in [1.82, 2.24) is 0 Å². The van der Waals surface area contributed by atoms with Gasteiger partial charge in [0.05, 0.1) is 19.8 Å². The molecule has 14 heavy (non-hydrogen) atoms. The molecule has 0 amide bonds. The normalized spacial score (nSPS) is 12.6. The third-order valence-corrected chi connectivity index (χ3v) is 2.33. The van der Waals surface area contributed by atoms with E-state index in [9.17, 15) is 0 Å². The number of rotatable bonds is 4. The molecular formula is C11H17NO2. The van der Waals surface area contributed by atoms with Crippen LogP contribution in [0.5, 0.6) is 5.75 Å². The Balaban J connectivity index is 3.04. The van der Waals surface area contributed by atoms with Crippen LogP contribution in [0.2, 0.25) is 0 Å². The maximum absolute atomic E-state index is 8.98. The molecule has 0 saturated carbocycles. The Kier molecular flexibility index (Phi) is 3.92. The second kappa shape index (κ2) is 4.98. The van der Waals surface area contributed by atoms with Gasteiger partial charge in [-0.05, 0) is 29.7 Å². The number of methoxy groups -OCH3 is 1. The standard InChI is InChI=1S/C11H17NO2/c1-3-8-6-9(14-2)4-5-10(8)11(12)7-13/h4-6,11,13H,3,7,12H2,1-2H3. The number of aliphatic hydroxyl groups excluding tert-OH is 1. The summed E-state index contributed by atoms with van der Waals surface area (Å²) in [5.41, 5.74) is 7.90. The number of ether oxygens (including phenoxy) is 1. The summed E-state index contributed by atoms with van der Waals surface area (Å²) in [4.78, 5) is 0. The van der Waals surface area contributed by atoms with Gasteiger partial charge in [0, 0.05) is 0 Å². The van der Waals surface area contributed by atoms with E-state index in [-0.39, 0.29) is 12.6 Å². The average molecular weight is 195 g/mol. The van der Waals surface area contributed by atoms with Crippen molar-refractivity contribution in [2.75, 3.05) is 13.7 Å². The predicted molar refractivity (Wildman–Crippen MR) is 56.4 cm³/mol. The topological polar surface area (TPSA) is 55.5 Å². The summed E-state index contributed by atoms with van der Waals surface area (Å²) in [6.07, 6.45) is 0.889. The van der Waals surface area contributed by atoms with Gasteiger partial charge in [-0.25, -0.2) is 0 Å². The Hall–Kier alpha value is -1.06. The first-order chi connectivity index (χ1) is 6.72. The number of benzene rings is 1. The number of aliphatic hydroxyl groups is 1. The Morgan fingerprint density at radius 3 is 2.71 bits per heavy atom. The lowest BCUT2D eigenvalue weighted by molar-refractivity contribution is 0.267.